The fourth-order valence-electron chi connectivity index (χ4n) is 2.57. The third-order valence-electron chi connectivity index (χ3n) is 4.05. The van der Waals surface area contributed by atoms with Gasteiger partial charge < -0.3 is 15.2 Å². The van der Waals surface area contributed by atoms with Crippen LogP contribution >= 0.6 is 23.8 Å². The molecule has 0 aliphatic rings. The molecule has 3 N–H and O–H groups in total. The van der Waals surface area contributed by atoms with Crippen molar-refractivity contribution in [3.63, 3.8) is 0 Å². The molecule has 0 bridgehead atoms. The topological polar surface area (TPSA) is 87.7 Å². The van der Waals surface area contributed by atoms with Crippen LogP contribution in [-0.2, 0) is 6.61 Å². The maximum Gasteiger partial charge on any atom is 0.337 e. The van der Waals surface area contributed by atoms with Gasteiger partial charge in [-0.2, -0.15) is 0 Å². The predicted molar refractivity (Wildman–Crippen MR) is 119 cm³/mol. The Bertz CT molecular complexity index is 1070. The minimum Gasteiger partial charge on any atom is -0.489 e. The molecule has 0 atom stereocenters. The summed E-state index contributed by atoms with van der Waals surface area (Å²) in [6.07, 6.45) is 0. The summed E-state index contributed by atoms with van der Waals surface area (Å²) in [4.78, 5) is 23.7. The Morgan fingerprint density at radius 3 is 2.37 bits per heavy atom. The summed E-state index contributed by atoms with van der Waals surface area (Å²) in [5.74, 6) is -0.824. The average Bonchev–Trinajstić information content (AvgIpc) is 2.74. The zero-order valence-electron chi connectivity index (χ0n) is 15.6. The normalized spacial score (nSPS) is 10.2. The number of anilines is 1. The van der Waals surface area contributed by atoms with Crippen LogP contribution in [0.1, 0.15) is 26.3 Å². The number of thiocarbonyl (C=S) groups is 1. The Labute approximate surface area is 183 Å². The first-order valence-electron chi connectivity index (χ1n) is 8.84. The van der Waals surface area contributed by atoms with Gasteiger partial charge in [0.1, 0.15) is 12.4 Å². The van der Waals surface area contributed by atoms with Crippen molar-refractivity contribution in [3.8, 4) is 5.75 Å². The molecule has 0 unspecified atom stereocenters. The molecule has 152 valence electrons. The van der Waals surface area contributed by atoms with Gasteiger partial charge in [0, 0.05) is 10.6 Å². The maximum atomic E-state index is 12.4. The lowest BCUT2D eigenvalue weighted by molar-refractivity contribution is 0.0697. The summed E-state index contributed by atoms with van der Waals surface area (Å²) in [7, 11) is 0. The number of carboxylic acids is 1. The number of hydrogen-bond acceptors (Lipinski definition) is 4. The first-order chi connectivity index (χ1) is 14.4. The number of carbonyl (C=O) groups is 2. The van der Waals surface area contributed by atoms with E-state index < -0.39 is 11.9 Å². The van der Waals surface area contributed by atoms with Gasteiger partial charge in [-0.3, -0.25) is 10.1 Å². The largest absolute Gasteiger partial charge is 0.489 e. The molecular weight excluding hydrogens is 424 g/mol. The lowest BCUT2D eigenvalue weighted by atomic mass is 10.1. The third-order valence-corrected chi connectivity index (χ3v) is 4.49. The quantitative estimate of drug-likeness (QED) is 0.480. The number of rotatable bonds is 6. The lowest BCUT2D eigenvalue weighted by Crippen LogP contribution is -2.34. The van der Waals surface area contributed by atoms with Gasteiger partial charge in [0.05, 0.1) is 11.3 Å². The average molecular weight is 441 g/mol. The van der Waals surface area contributed by atoms with E-state index in [1.807, 2.05) is 30.3 Å². The van der Waals surface area contributed by atoms with Crippen molar-refractivity contribution in [1.82, 2.24) is 5.32 Å². The van der Waals surface area contributed by atoms with Crippen molar-refractivity contribution >= 4 is 46.5 Å². The Morgan fingerprint density at radius 2 is 1.70 bits per heavy atom. The molecule has 0 aliphatic carbocycles. The van der Waals surface area contributed by atoms with E-state index in [0.717, 1.165) is 11.3 Å². The second-order valence-electron chi connectivity index (χ2n) is 6.20. The number of carbonyl (C=O) groups excluding carboxylic acids is 1. The monoisotopic (exact) mass is 440 g/mol. The van der Waals surface area contributed by atoms with Gasteiger partial charge >= 0.3 is 5.97 Å². The van der Waals surface area contributed by atoms with Crippen molar-refractivity contribution < 1.29 is 19.4 Å². The van der Waals surface area contributed by atoms with E-state index in [1.165, 1.54) is 18.2 Å². The highest BCUT2D eigenvalue weighted by Gasteiger charge is 2.14. The molecule has 0 heterocycles. The Hall–Kier alpha value is -3.42. The smallest absolute Gasteiger partial charge is 0.337 e. The van der Waals surface area contributed by atoms with Crippen molar-refractivity contribution in [3.05, 3.63) is 94.5 Å². The summed E-state index contributed by atoms with van der Waals surface area (Å²) in [5.41, 5.74) is 1.48. The first-order valence-corrected chi connectivity index (χ1v) is 9.63. The summed E-state index contributed by atoms with van der Waals surface area (Å²) in [6.45, 7) is 0.375. The van der Waals surface area contributed by atoms with E-state index in [1.54, 1.807) is 24.3 Å². The molecule has 0 radical (unpaired) electrons. The zero-order chi connectivity index (χ0) is 21.5. The molecule has 0 aromatic heterocycles. The van der Waals surface area contributed by atoms with Gasteiger partial charge in [0.25, 0.3) is 5.91 Å². The van der Waals surface area contributed by atoms with Crippen LogP contribution in [-0.4, -0.2) is 22.1 Å². The van der Waals surface area contributed by atoms with Crippen LogP contribution in [0.25, 0.3) is 0 Å². The second kappa shape index (κ2) is 9.87. The van der Waals surface area contributed by atoms with E-state index in [-0.39, 0.29) is 21.4 Å². The zero-order valence-corrected chi connectivity index (χ0v) is 17.2. The number of benzene rings is 3. The standard InChI is InChI=1S/C22H17ClN2O4S/c23-16-10-11-19(18(12-16)21(27)28)24-22(30)25-20(26)15-8-6-14(7-9-15)13-29-17-4-2-1-3-5-17/h1-12H,13H2,(H,27,28)(H2,24,25,26,30). The van der Waals surface area contributed by atoms with Crippen LogP contribution in [0.2, 0.25) is 5.02 Å². The molecule has 30 heavy (non-hydrogen) atoms. The number of para-hydroxylation sites is 1. The summed E-state index contributed by atoms with van der Waals surface area (Å²) >= 11 is 11.0. The number of ether oxygens (including phenoxy) is 1. The van der Waals surface area contributed by atoms with E-state index in [4.69, 9.17) is 28.6 Å². The molecule has 6 nitrogen and oxygen atoms in total. The Balaban J connectivity index is 1.58. The maximum absolute atomic E-state index is 12.4. The summed E-state index contributed by atoms with van der Waals surface area (Å²) < 4.78 is 5.67. The molecular formula is C22H17ClN2O4S. The van der Waals surface area contributed by atoms with Gasteiger partial charge in [-0.25, -0.2) is 4.79 Å². The first kappa shape index (κ1) is 21.3. The van der Waals surface area contributed by atoms with Crippen LogP contribution in [0.4, 0.5) is 5.69 Å². The number of hydrogen-bond donors (Lipinski definition) is 3. The summed E-state index contributed by atoms with van der Waals surface area (Å²) in [6, 6.07) is 20.6. The van der Waals surface area contributed by atoms with Gasteiger partial charge in [0.2, 0.25) is 0 Å². The highest BCUT2D eigenvalue weighted by atomic mass is 35.5. The number of aromatic carboxylic acids is 1. The van der Waals surface area contributed by atoms with E-state index >= 15 is 0 Å². The molecule has 8 heteroatoms. The number of carboxylic acid groups (broad SMARTS) is 1. The minimum absolute atomic E-state index is 0.0266. The van der Waals surface area contributed by atoms with Gasteiger partial charge in [-0.05, 0) is 60.2 Å². The molecule has 0 fully saturated rings. The van der Waals surface area contributed by atoms with E-state index in [9.17, 15) is 14.7 Å². The Kier molecular flexibility index (Phi) is 7.00. The van der Waals surface area contributed by atoms with Crippen LogP contribution in [0.3, 0.4) is 0 Å². The van der Waals surface area contributed by atoms with Crippen molar-refractivity contribution in [1.29, 1.82) is 0 Å². The fraction of sp³-hybridized carbons (Fsp3) is 0.0455. The SMILES string of the molecule is O=C(NC(=S)Nc1ccc(Cl)cc1C(=O)O)c1ccc(COc2ccccc2)cc1. The molecule has 3 aromatic carbocycles. The van der Waals surface area contributed by atoms with Crippen LogP contribution in [0, 0.1) is 0 Å². The molecule has 0 saturated carbocycles. The van der Waals surface area contributed by atoms with Crippen LogP contribution < -0.4 is 15.4 Å². The van der Waals surface area contributed by atoms with Gasteiger partial charge in [-0.15, -0.1) is 0 Å². The number of halogens is 1. The second-order valence-corrected chi connectivity index (χ2v) is 7.05. The van der Waals surface area contributed by atoms with Crippen molar-refractivity contribution in [2.45, 2.75) is 6.61 Å². The number of amides is 1. The molecule has 0 saturated heterocycles. The molecule has 0 spiro atoms. The van der Waals surface area contributed by atoms with Crippen molar-refractivity contribution in [2.24, 2.45) is 0 Å². The van der Waals surface area contributed by atoms with E-state index in [0.29, 0.717) is 12.2 Å². The minimum atomic E-state index is -1.16. The summed E-state index contributed by atoms with van der Waals surface area (Å²) in [5, 5.41) is 14.8. The Morgan fingerprint density at radius 1 is 1.00 bits per heavy atom. The van der Waals surface area contributed by atoms with Gasteiger partial charge in [0.15, 0.2) is 5.11 Å². The highest BCUT2D eigenvalue weighted by molar-refractivity contribution is 7.80. The third kappa shape index (κ3) is 5.79. The van der Waals surface area contributed by atoms with Crippen LogP contribution in [0.5, 0.6) is 5.75 Å². The molecule has 3 rings (SSSR count). The fourth-order valence-corrected chi connectivity index (χ4v) is 2.94. The van der Waals surface area contributed by atoms with Crippen LogP contribution in [0.15, 0.2) is 72.8 Å². The predicted octanol–water partition coefficient (Wildman–Crippen LogP) is 4.74. The number of nitrogens with one attached hydrogen (secondary N) is 2. The molecule has 0 aliphatic heterocycles. The molecule has 3 aromatic rings. The van der Waals surface area contributed by atoms with Crippen molar-refractivity contribution in [2.75, 3.05) is 5.32 Å². The molecule has 1 amide bonds. The highest BCUT2D eigenvalue weighted by Crippen LogP contribution is 2.20. The van der Waals surface area contributed by atoms with E-state index in [2.05, 4.69) is 10.6 Å². The van der Waals surface area contributed by atoms with Gasteiger partial charge in [-0.1, -0.05) is 41.9 Å². The lowest BCUT2D eigenvalue weighted by Gasteiger charge is -2.12.